The lowest BCUT2D eigenvalue weighted by atomic mass is 9.76. The van der Waals surface area contributed by atoms with E-state index in [-0.39, 0.29) is 12.3 Å². The standard InChI is InChI=1S/C21H20N2O4/c1-21(11-17(24)27-4)19-18-14(6-5-7-16(18)23(2)20(21)25)13-9-8-12(26-3)10-15(13)22-19/h5-10H,11H2,1-4H3. The number of ether oxygens (including phenoxy) is 2. The van der Waals surface area contributed by atoms with Crippen LogP contribution in [0.2, 0.25) is 0 Å². The van der Waals surface area contributed by atoms with Crippen molar-refractivity contribution in [2.24, 2.45) is 0 Å². The van der Waals surface area contributed by atoms with E-state index in [1.54, 1.807) is 26.0 Å². The van der Waals surface area contributed by atoms with Crippen LogP contribution in [0.3, 0.4) is 0 Å². The van der Waals surface area contributed by atoms with Gasteiger partial charge in [0.2, 0.25) is 5.91 Å². The molecule has 6 heteroatoms. The molecule has 0 saturated carbocycles. The van der Waals surface area contributed by atoms with Crippen LogP contribution in [0.1, 0.15) is 19.0 Å². The zero-order valence-electron chi connectivity index (χ0n) is 15.7. The number of carbonyl (C=O) groups excluding carboxylic acids is 2. The zero-order chi connectivity index (χ0) is 19.3. The quantitative estimate of drug-likeness (QED) is 0.527. The number of likely N-dealkylation sites (N-methyl/N-ethyl adjacent to an activating group) is 1. The summed E-state index contributed by atoms with van der Waals surface area (Å²) in [5.41, 5.74) is 1.01. The number of fused-ring (bicyclic) bond motifs is 2. The molecule has 2 heterocycles. The number of carbonyl (C=O) groups is 2. The fourth-order valence-electron chi connectivity index (χ4n) is 3.93. The Balaban J connectivity index is 2.13. The van der Waals surface area contributed by atoms with Crippen molar-refractivity contribution in [1.29, 1.82) is 0 Å². The van der Waals surface area contributed by atoms with E-state index in [4.69, 9.17) is 14.5 Å². The smallest absolute Gasteiger partial charge is 0.306 e. The van der Waals surface area contributed by atoms with E-state index in [0.717, 1.165) is 27.4 Å². The summed E-state index contributed by atoms with van der Waals surface area (Å²) in [6, 6.07) is 11.6. The summed E-state index contributed by atoms with van der Waals surface area (Å²) in [6.45, 7) is 1.76. The predicted molar refractivity (Wildman–Crippen MR) is 103 cm³/mol. The molecule has 2 aromatic carbocycles. The Hall–Kier alpha value is -3.15. The van der Waals surface area contributed by atoms with Crippen LogP contribution in [0.4, 0.5) is 5.69 Å². The molecular formula is C21H20N2O4. The highest BCUT2D eigenvalue weighted by Gasteiger charge is 2.46. The SMILES string of the molecule is COC(=O)CC1(C)C(=O)N(C)c2cccc3c2c1nc1cc(OC)ccc13. The van der Waals surface area contributed by atoms with Gasteiger partial charge in [0.15, 0.2) is 0 Å². The van der Waals surface area contributed by atoms with E-state index >= 15 is 0 Å². The summed E-state index contributed by atoms with van der Waals surface area (Å²) in [6.07, 6.45) is -0.0709. The molecule has 0 radical (unpaired) electrons. The first kappa shape index (κ1) is 17.3. The van der Waals surface area contributed by atoms with Gasteiger partial charge in [-0.25, -0.2) is 0 Å². The van der Waals surface area contributed by atoms with E-state index in [1.165, 1.54) is 7.11 Å². The van der Waals surface area contributed by atoms with E-state index < -0.39 is 11.4 Å². The van der Waals surface area contributed by atoms with Crippen molar-refractivity contribution in [3.8, 4) is 5.75 Å². The van der Waals surface area contributed by atoms with Gasteiger partial charge in [-0.2, -0.15) is 0 Å². The average molecular weight is 364 g/mol. The topological polar surface area (TPSA) is 68.7 Å². The minimum Gasteiger partial charge on any atom is -0.497 e. The maximum atomic E-state index is 13.2. The lowest BCUT2D eigenvalue weighted by Gasteiger charge is -2.38. The summed E-state index contributed by atoms with van der Waals surface area (Å²) in [4.78, 5) is 31.7. The average Bonchev–Trinajstić information content (AvgIpc) is 2.69. The van der Waals surface area contributed by atoms with Crippen LogP contribution in [-0.4, -0.2) is 38.1 Å². The lowest BCUT2D eigenvalue weighted by molar-refractivity contribution is -0.144. The highest BCUT2D eigenvalue weighted by Crippen LogP contribution is 2.45. The molecule has 27 heavy (non-hydrogen) atoms. The van der Waals surface area contributed by atoms with Crippen molar-refractivity contribution >= 4 is 39.2 Å². The monoisotopic (exact) mass is 364 g/mol. The Morgan fingerprint density at radius 3 is 2.67 bits per heavy atom. The van der Waals surface area contributed by atoms with Gasteiger partial charge in [0.25, 0.3) is 0 Å². The van der Waals surface area contributed by atoms with Crippen LogP contribution in [-0.2, 0) is 19.7 Å². The Morgan fingerprint density at radius 1 is 1.19 bits per heavy atom. The number of benzene rings is 2. The van der Waals surface area contributed by atoms with Gasteiger partial charge in [-0.15, -0.1) is 0 Å². The van der Waals surface area contributed by atoms with Crippen LogP contribution in [0.15, 0.2) is 36.4 Å². The number of esters is 1. The van der Waals surface area contributed by atoms with Crippen molar-refractivity contribution in [3.05, 3.63) is 42.1 Å². The third-order valence-corrected chi connectivity index (χ3v) is 5.39. The van der Waals surface area contributed by atoms with E-state index in [9.17, 15) is 9.59 Å². The highest BCUT2D eigenvalue weighted by atomic mass is 16.5. The molecule has 1 unspecified atom stereocenters. The molecule has 1 aliphatic rings. The fourth-order valence-corrected chi connectivity index (χ4v) is 3.93. The molecule has 3 aromatic rings. The Morgan fingerprint density at radius 2 is 1.96 bits per heavy atom. The Kier molecular flexibility index (Phi) is 3.80. The van der Waals surface area contributed by atoms with Crippen molar-refractivity contribution in [3.63, 3.8) is 0 Å². The van der Waals surface area contributed by atoms with Gasteiger partial charge in [0, 0.05) is 23.9 Å². The number of rotatable bonds is 3. The molecule has 0 fully saturated rings. The molecule has 138 valence electrons. The number of hydrogen-bond acceptors (Lipinski definition) is 5. The van der Waals surface area contributed by atoms with Crippen LogP contribution in [0, 0.1) is 0 Å². The molecule has 1 aliphatic heterocycles. The number of nitrogens with zero attached hydrogens (tertiary/aromatic N) is 2. The van der Waals surface area contributed by atoms with Crippen molar-refractivity contribution < 1.29 is 19.1 Å². The molecule has 0 spiro atoms. The second-order valence-electron chi connectivity index (χ2n) is 6.99. The summed E-state index contributed by atoms with van der Waals surface area (Å²) in [5.74, 6) is 0.0635. The number of anilines is 1. The van der Waals surface area contributed by atoms with E-state index in [1.807, 2.05) is 36.4 Å². The largest absolute Gasteiger partial charge is 0.497 e. The first-order chi connectivity index (χ1) is 12.9. The van der Waals surface area contributed by atoms with Crippen molar-refractivity contribution in [2.45, 2.75) is 18.8 Å². The Labute approximate surface area is 156 Å². The Bertz CT molecular complexity index is 1110. The first-order valence-electron chi connectivity index (χ1n) is 8.66. The summed E-state index contributed by atoms with van der Waals surface area (Å²) < 4.78 is 10.2. The van der Waals surface area contributed by atoms with Gasteiger partial charge in [0.05, 0.1) is 37.5 Å². The third kappa shape index (κ3) is 2.36. The molecule has 1 aromatic heterocycles. The van der Waals surface area contributed by atoms with Crippen LogP contribution in [0.25, 0.3) is 21.7 Å². The molecule has 0 N–H and O–H groups in total. The maximum Gasteiger partial charge on any atom is 0.306 e. The van der Waals surface area contributed by atoms with Gasteiger partial charge in [0.1, 0.15) is 11.2 Å². The van der Waals surface area contributed by atoms with Crippen molar-refractivity contribution in [2.75, 3.05) is 26.2 Å². The summed E-state index contributed by atoms with van der Waals surface area (Å²) in [7, 11) is 4.66. The fraction of sp³-hybridized carbons (Fsp3) is 0.286. The van der Waals surface area contributed by atoms with E-state index in [2.05, 4.69) is 0 Å². The maximum absolute atomic E-state index is 13.2. The predicted octanol–water partition coefficient (Wildman–Crippen LogP) is 3.19. The molecular weight excluding hydrogens is 344 g/mol. The van der Waals surface area contributed by atoms with Gasteiger partial charge < -0.3 is 14.4 Å². The van der Waals surface area contributed by atoms with E-state index in [0.29, 0.717) is 11.4 Å². The van der Waals surface area contributed by atoms with Crippen molar-refractivity contribution in [1.82, 2.24) is 4.98 Å². The molecule has 4 rings (SSSR count). The third-order valence-electron chi connectivity index (χ3n) is 5.39. The van der Waals surface area contributed by atoms with Crippen LogP contribution >= 0.6 is 0 Å². The lowest BCUT2D eigenvalue weighted by Crippen LogP contribution is -2.48. The molecule has 1 atom stereocenters. The minimum atomic E-state index is -1.11. The van der Waals surface area contributed by atoms with Crippen LogP contribution < -0.4 is 9.64 Å². The zero-order valence-corrected chi connectivity index (χ0v) is 15.7. The molecule has 0 saturated heterocycles. The highest BCUT2D eigenvalue weighted by molar-refractivity contribution is 6.20. The second kappa shape index (κ2) is 5.94. The summed E-state index contributed by atoms with van der Waals surface area (Å²) >= 11 is 0. The van der Waals surface area contributed by atoms with Gasteiger partial charge in [-0.1, -0.05) is 12.1 Å². The number of methoxy groups -OCH3 is 2. The van der Waals surface area contributed by atoms with Gasteiger partial charge in [-0.3, -0.25) is 14.6 Å². The van der Waals surface area contributed by atoms with Crippen LogP contribution in [0.5, 0.6) is 5.75 Å². The summed E-state index contributed by atoms with van der Waals surface area (Å²) in [5, 5.41) is 2.86. The normalized spacial score (nSPS) is 18.8. The number of amides is 1. The van der Waals surface area contributed by atoms with Gasteiger partial charge >= 0.3 is 5.97 Å². The molecule has 1 amide bonds. The minimum absolute atomic E-state index is 0.0709. The number of pyridine rings is 1. The van der Waals surface area contributed by atoms with Gasteiger partial charge in [-0.05, 0) is 30.5 Å². The second-order valence-corrected chi connectivity index (χ2v) is 6.99. The number of aromatic nitrogens is 1. The molecule has 6 nitrogen and oxygen atoms in total. The number of hydrogen-bond donors (Lipinski definition) is 0. The molecule has 0 aliphatic carbocycles. The molecule has 0 bridgehead atoms. The first-order valence-corrected chi connectivity index (χ1v) is 8.66.